The molecule has 0 aliphatic carbocycles. The number of methoxy groups -OCH3 is 1. The van der Waals surface area contributed by atoms with E-state index >= 15 is 0 Å². The first-order valence-corrected chi connectivity index (χ1v) is 8.97. The summed E-state index contributed by atoms with van der Waals surface area (Å²) in [5, 5.41) is 5.53. The summed E-state index contributed by atoms with van der Waals surface area (Å²) in [5.41, 5.74) is 6.61. The van der Waals surface area contributed by atoms with Gasteiger partial charge in [0.1, 0.15) is 16.4 Å². The monoisotopic (exact) mass is 400 g/mol. The van der Waals surface area contributed by atoms with Crippen molar-refractivity contribution in [2.24, 2.45) is 0 Å². The summed E-state index contributed by atoms with van der Waals surface area (Å²) in [6.07, 6.45) is 1.35. The lowest BCUT2D eigenvalue weighted by atomic mass is 10.1. The number of aryl methyl sites for hydroxylation is 1. The van der Waals surface area contributed by atoms with Gasteiger partial charge in [0.05, 0.1) is 18.9 Å². The molecule has 0 radical (unpaired) electrons. The smallest absolute Gasteiger partial charge is 0.267 e. The normalized spacial score (nSPS) is 10.4. The average molecular weight is 400 g/mol. The molecule has 3 rings (SSSR count). The molecular formula is C19H17FN4O3S. The van der Waals surface area contributed by atoms with E-state index < -0.39 is 17.6 Å². The summed E-state index contributed by atoms with van der Waals surface area (Å²) < 4.78 is 19.4. The summed E-state index contributed by atoms with van der Waals surface area (Å²) in [5.74, 6) is -1.14. The Bertz CT molecular complexity index is 1030. The molecule has 0 aliphatic rings. The second kappa shape index (κ2) is 8.05. The van der Waals surface area contributed by atoms with Crippen molar-refractivity contribution in [3.8, 4) is 5.75 Å². The van der Waals surface area contributed by atoms with Gasteiger partial charge in [-0.1, -0.05) is 11.3 Å². The lowest BCUT2D eigenvalue weighted by Gasteiger charge is -2.12. The van der Waals surface area contributed by atoms with Gasteiger partial charge in [-0.05, 0) is 48.9 Å². The number of hydrogen-bond donors (Lipinski definition) is 3. The van der Waals surface area contributed by atoms with Crippen molar-refractivity contribution in [1.82, 2.24) is 4.98 Å². The molecule has 0 saturated carbocycles. The van der Waals surface area contributed by atoms with Crippen LogP contribution in [0, 0.1) is 12.7 Å². The molecule has 0 bridgehead atoms. The van der Waals surface area contributed by atoms with E-state index in [1.807, 2.05) is 0 Å². The molecule has 0 fully saturated rings. The number of halogens is 1. The quantitative estimate of drug-likeness (QED) is 0.606. The molecule has 4 N–H and O–H groups in total. The van der Waals surface area contributed by atoms with Crippen molar-refractivity contribution in [3.63, 3.8) is 0 Å². The molecule has 7 nitrogen and oxygen atoms in total. The lowest BCUT2D eigenvalue weighted by molar-refractivity contribution is 0.101. The summed E-state index contributed by atoms with van der Waals surface area (Å²) in [6, 6.07) is 9.12. The van der Waals surface area contributed by atoms with Gasteiger partial charge in [0, 0.05) is 11.4 Å². The number of nitrogen functional groups attached to an aromatic ring is 1. The van der Waals surface area contributed by atoms with Crippen LogP contribution in [0.25, 0.3) is 0 Å². The molecule has 0 aliphatic heterocycles. The Labute approximate surface area is 164 Å². The second-order valence-electron chi connectivity index (χ2n) is 5.85. The minimum atomic E-state index is -0.691. The van der Waals surface area contributed by atoms with Crippen molar-refractivity contribution in [2.45, 2.75) is 6.92 Å². The molecule has 1 heterocycles. The molecule has 9 heteroatoms. The topological polar surface area (TPSA) is 106 Å². The van der Waals surface area contributed by atoms with Gasteiger partial charge in [0.15, 0.2) is 5.13 Å². The van der Waals surface area contributed by atoms with E-state index in [1.54, 1.807) is 31.2 Å². The van der Waals surface area contributed by atoms with Gasteiger partial charge in [-0.25, -0.2) is 9.37 Å². The van der Waals surface area contributed by atoms with Crippen LogP contribution in [0.2, 0.25) is 0 Å². The highest BCUT2D eigenvalue weighted by Gasteiger charge is 2.17. The van der Waals surface area contributed by atoms with Crippen LogP contribution >= 0.6 is 11.3 Å². The zero-order chi connectivity index (χ0) is 20.3. The molecule has 1 aromatic heterocycles. The minimum absolute atomic E-state index is 0.194. The van der Waals surface area contributed by atoms with Crippen LogP contribution in [0.3, 0.4) is 0 Å². The van der Waals surface area contributed by atoms with Crippen molar-refractivity contribution in [1.29, 1.82) is 0 Å². The number of hydrogen-bond acceptors (Lipinski definition) is 6. The standard InChI is InChI=1S/C19H17FN4O3S/c1-10-7-14(20)13(17(25)23-11-3-5-12(27-2)6-4-11)8-15(10)24-18(26)16-9-22-19(21)28-16/h3-9H,1-2H3,(H2,21,22)(H,23,25)(H,24,26). The Morgan fingerprint density at radius 2 is 1.86 bits per heavy atom. The molecule has 0 spiro atoms. The van der Waals surface area contributed by atoms with E-state index in [9.17, 15) is 14.0 Å². The molecule has 0 atom stereocenters. The van der Waals surface area contributed by atoms with Crippen LogP contribution in [0.15, 0.2) is 42.6 Å². The molecule has 2 aromatic carbocycles. The zero-order valence-electron chi connectivity index (χ0n) is 15.1. The third-order valence-corrected chi connectivity index (χ3v) is 4.73. The molecule has 2 amide bonds. The van der Waals surface area contributed by atoms with Crippen molar-refractivity contribution in [2.75, 3.05) is 23.5 Å². The van der Waals surface area contributed by atoms with E-state index in [-0.39, 0.29) is 10.7 Å². The number of thiazole rings is 1. The number of anilines is 3. The maximum atomic E-state index is 14.3. The first-order valence-electron chi connectivity index (χ1n) is 8.15. The van der Waals surface area contributed by atoms with Gasteiger partial charge in [-0.2, -0.15) is 0 Å². The van der Waals surface area contributed by atoms with E-state index in [0.29, 0.717) is 27.6 Å². The number of carbonyl (C=O) groups is 2. The summed E-state index contributed by atoms with van der Waals surface area (Å²) >= 11 is 1.03. The van der Waals surface area contributed by atoms with Gasteiger partial charge >= 0.3 is 0 Å². The number of amides is 2. The van der Waals surface area contributed by atoms with E-state index in [1.165, 1.54) is 25.4 Å². The number of nitrogens with zero attached hydrogens (tertiary/aromatic N) is 1. The number of nitrogens with two attached hydrogens (primary N) is 1. The van der Waals surface area contributed by atoms with Crippen LogP contribution < -0.4 is 21.1 Å². The molecule has 0 saturated heterocycles. The highest BCUT2D eigenvalue weighted by molar-refractivity contribution is 7.17. The van der Waals surface area contributed by atoms with Crippen LogP contribution in [0.1, 0.15) is 25.6 Å². The van der Waals surface area contributed by atoms with E-state index in [0.717, 1.165) is 11.3 Å². The fourth-order valence-corrected chi connectivity index (χ4v) is 3.01. The van der Waals surface area contributed by atoms with Gasteiger partial charge in [-0.15, -0.1) is 0 Å². The number of rotatable bonds is 5. The van der Waals surface area contributed by atoms with Gasteiger partial charge < -0.3 is 21.1 Å². The molecular weight excluding hydrogens is 383 g/mol. The molecule has 28 heavy (non-hydrogen) atoms. The Kier molecular flexibility index (Phi) is 5.55. The van der Waals surface area contributed by atoms with Gasteiger partial charge in [0.2, 0.25) is 0 Å². The fraction of sp³-hybridized carbons (Fsp3) is 0.105. The fourth-order valence-electron chi connectivity index (χ4n) is 2.43. The maximum absolute atomic E-state index is 14.3. The highest BCUT2D eigenvalue weighted by atomic mass is 32.1. The number of benzene rings is 2. The number of aromatic nitrogens is 1. The molecule has 144 valence electrons. The Morgan fingerprint density at radius 1 is 1.14 bits per heavy atom. The van der Waals surface area contributed by atoms with Crippen LogP contribution in [0.4, 0.5) is 20.9 Å². The molecule has 3 aromatic rings. The van der Waals surface area contributed by atoms with Crippen molar-refractivity contribution in [3.05, 3.63) is 64.4 Å². The zero-order valence-corrected chi connectivity index (χ0v) is 15.9. The van der Waals surface area contributed by atoms with Crippen LogP contribution in [0.5, 0.6) is 5.75 Å². The Hall–Kier alpha value is -3.46. The third kappa shape index (κ3) is 4.26. The average Bonchev–Trinajstić information content (AvgIpc) is 3.11. The number of nitrogens with one attached hydrogen (secondary N) is 2. The molecule has 0 unspecified atom stereocenters. The number of ether oxygens (including phenoxy) is 1. The van der Waals surface area contributed by atoms with Crippen molar-refractivity contribution >= 4 is 39.7 Å². The van der Waals surface area contributed by atoms with Crippen LogP contribution in [-0.2, 0) is 0 Å². The Balaban J connectivity index is 1.81. The van der Waals surface area contributed by atoms with E-state index in [2.05, 4.69) is 15.6 Å². The lowest BCUT2D eigenvalue weighted by Crippen LogP contribution is -2.16. The van der Waals surface area contributed by atoms with Gasteiger partial charge in [-0.3, -0.25) is 9.59 Å². The first-order chi connectivity index (χ1) is 13.4. The predicted octanol–water partition coefficient (Wildman–Crippen LogP) is 3.69. The number of carbonyl (C=O) groups excluding carboxylic acids is 2. The SMILES string of the molecule is COc1ccc(NC(=O)c2cc(NC(=O)c3cnc(N)s3)c(C)cc2F)cc1. The summed E-state index contributed by atoms with van der Waals surface area (Å²) in [4.78, 5) is 28.9. The minimum Gasteiger partial charge on any atom is -0.497 e. The van der Waals surface area contributed by atoms with Gasteiger partial charge in [0.25, 0.3) is 11.8 Å². The van der Waals surface area contributed by atoms with E-state index in [4.69, 9.17) is 10.5 Å². The maximum Gasteiger partial charge on any atom is 0.267 e. The summed E-state index contributed by atoms with van der Waals surface area (Å²) in [7, 11) is 1.53. The third-order valence-electron chi connectivity index (χ3n) is 3.90. The Morgan fingerprint density at radius 3 is 2.46 bits per heavy atom. The van der Waals surface area contributed by atoms with Crippen LogP contribution in [-0.4, -0.2) is 23.9 Å². The van der Waals surface area contributed by atoms with Crippen molar-refractivity contribution < 1.29 is 18.7 Å². The predicted molar refractivity (Wildman–Crippen MR) is 107 cm³/mol. The first kappa shape index (κ1) is 19.3. The second-order valence-corrected chi connectivity index (χ2v) is 6.91. The summed E-state index contributed by atoms with van der Waals surface area (Å²) in [6.45, 7) is 1.63. The largest absolute Gasteiger partial charge is 0.497 e. The highest BCUT2D eigenvalue weighted by Crippen LogP contribution is 2.24.